The number of aryl methyl sites for hydroxylation is 2. The second-order valence-corrected chi connectivity index (χ2v) is 6.22. The summed E-state index contributed by atoms with van der Waals surface area (Å²) in [5, 5.41) is 2.83. The van der Waals surface area contributed by atoms with Gasteiger partial charge in [-0.15, -0.1) is 0 Å². The zero-order valence-electron chi connectivity index (χ0n) is 15.2. The van der Waals surface area contributed by atoms with Crippen molar-refractivity contribution in [3.63, 3.8) is 0 Å². The van der Waals surface area contributed by atoms with E-state index in [1.54, 1.807) is 37.5 Å². The first kappa shape index (κ1) is 18.6. The number of nitrogens with two attached hydrogens (primary N) is 1. The van der Waals surface area contributed by atoms with E-state index in [0.29, 0.717) is 17.0 Å². The average Bonchev–Trinajstić information content (AvgIpc) is 2.67. The van der Waals surface area contributed by atoms with Gasteiger partial charge in [0.2, 0.25) is 5.95 Å². The number of aromatic nitrogens is 3. The molecule has 0 aliphatic rings. The molecular formula is C20H20FN5O. The summed E-state index contributed by atoms with van der Waals surface area (Å²) < 4.78 is 13.3. The summed E-state index contributed by atoms with van der Waals surface area (Å²) in [6.07, 6.45) is 3.28. The minimum absolute atomic E-state index is 0.248. The van der Waals surface area contributed by atoms with Crippen LogP contribution in [0.1, 0.15) is 33.0 Å². The van der Waals surface area contributed by atoms with Crippen LogP contribution >= 0.6 is 0 Å². The Hall–Kier alpha value is -3.19. The lowest BCUT2D eigenvalue weighted by Crippen LogP contribution is -2.23. The van der Waals surface area contributed by atoms with Crippen LogP contribution < -0.4 is 11.1 Å². The molecule has 0 unspecified atom stereocenters. The van der Waals surface area contributed by atoms with E-state index >= 15 is 0 Å². The normalized spacial score (nSPS) is 10.7. The van der Waals surface area contributed by atoms with E-state index in [1.165, 1.54) is 6.07 Å². The molecule has 1 amide bonds. The molecule has 0 spiro atoms. The van der Waals surface area contributed by atoms with Crippen LogP contribution in [0.15, 0.2) is 42.7 Å². The lowest BCUT2D eigenvalue weighted by molar-refractivity contribution is 0.0950. The van der Waals surface area contributed by atoms with Crippen molar-refractivity contribution in [3.8, 4) is 11.1 Å². The van der Waals surface area contributed by atoms with Crippen molar-refractivity contribution in [1.29, 1.82) is 0 Å². The van der Waals surface area contributed by atoms with E-state index < -0.39 is 5.95 Å². The van der Waals surface area contributed by atoms with Gasteiger partial charge in [0.05, 0.1) is 24.1 Å². The molecule has 27 heavy (non-hydrogen) atoms. The molecule has 0 radical (unpaired) electrons. The number of carbonyl (C=O) groups is 1. The SMILES string of the molecule is Cc1cnc(CNC(=O)c2cc(CN)cc(-c3ccc(F)nc3C)c2)cn1. The number of nitrogens with zero attached hydrogens (tertiary/aromatic N) is 3. The standard InChI is InChI=1S/C20H20FN5O/c1-12-9-24-17(10-23-12)11-25-20(27)16-6-14(8-22)5-15(7-16)18-3-4-19(21)26-13(18)2/h3-7,9-10H,8,11,22H2,1-2H3,(H,25,27). The first-order chi connectivity index (χ1) is 13.0. The smallest absolute Gasteiger partial charge is 0.251 e. The van der Waals surface area contributed by atoms with E-state index in [0.717, 1.165) is 22.4 Å². The average molecular weight is 365 g/mol. The molecular weight excluding hydrogens is 345 g/mol. The monoisotopic (exact) mass is 365 g/mol. The molecule has 3 rings (SSSR count). The van der Waals surface area contributed by atoms with E-state index in [4.69, 9.17) is 5.73 Å². The largest absolute Gasteiger partial charge is 0.346 e. The molecule has 0 saturated heterocycles. The Morgan fingerprint density at radius 3 is 2.63 bits per heavy atom. The van der Waals surface area contributed by atoms with Crippen molar-refractivity contribution < 1.29 is 9.18 Å². The van der Waals surface area contributed by atoms with E-state index in [1.807, 2.05) is 13.0 Å². The fraction of sp³-hybridized carbons (Fsp3) is 0.200. The summed E-state index contributed by atoms with van der Waals surface area (Å²) in [4.78, 5) is 24.8. The van der Waals surface area contributed by atoms with Gasteiger partial charge in [-0.1, -0.05) is 0 Å². The second kappa shape index (κ2) is 8.01. The minimum Gasteiger partial charge on any atom is -0.346 e. The fourth-order valence-corrected chi connectivity index (χ4v) is 2.72. The quantitative estimate of drug-likeness (QED) is 0.678. The van der Waals surface area contributed by atoms with E-state index in [9.17, 15) is 9.18 Å². The van der Waals surface area contributed by atoms with Crippen molar-refractivity contribution in [3.05, 3.63) is 76.9 Å². The van der Waals surface area contributed by atoms with Crippen LogP contribution in [-0.2, 0) is 13.1 Å². The highest BCUT2D eigenvalue weighted by Gasteiger charge is 2.12. The van der Waals surface area contributed by atoms with E-state index in [2.05, 4.69) is 20.3 Å². The van der Waals surface area contributed by atoms with Gasteiger partial charge < -0.3 is 11.1 Å². The number of pyridine rings is 1. The third kappa shape index (κ3) is 4.51. The van der Waals surface area contributed by atoms with Crippen molar-refractivity contribution in [1.82, 2.24) is 20.3 Å². The summed E-state index contributed by atoms with van der Waals surface area (Å²) >= 11 is 0. The van der Waals surface area contributed by atoms with Crippen LogP contribution in [0.5, 0.6) is 0 Å². The summed E-state index contributed by atoms with van der Waals surface area (Å²) in [7, 11) is 0. The maximum atomic E-state index is 13.3. The maximum absolute atomic E-state index is 13.3. The highest BCUT2D eigenvalue weighted by atomic mass is 19.1. The van der Waals surface area contributed by atoms with Crippen LogP contribution in [0.25, 0.3) is 11.1 Å². The predicted molar refractivity (Wildman–Crippen MR) is 100 cm³/mol. The van der Waals surface area contributed by atoms with Crippen LogP contribution in [-0.4, -0.2) is 20.9 Å². The third-order valence-electron chi connectivity index (χ3n) is 4.12. The summed E-state index contributed by atoms with van der Waals surface area (Å²) in [5.41, 5.74) is 10.6. The van der Waals surface area contributed by atoms with Gasteiger partial charge in [0.1, 0.15) is 0 Å². The van der Waals surface area contributed by atoms with Crippen molar-refractivity contribution >= 4 is 5.91 Å². The predicted octanol–water partition coefficient (Wildman–Crippen LogP) is 2.68. The fourth-order valence-electron chi connectivity index (χ4n) is 2.72. The summed E-state index contributed by atoms with van der Waals surface area (Å²) in [5.74, 6) is -0.787. The minimum atomic E-state index is -0.539. The van der Waals surface area contributed by atoms with Crippen LogP contribution in [0.2, 0.25) is 0 Å². The molecule has 138 valence electrons. The molecule has 0 aliphatic heterocycles. The van der Waals surface area contributed by atoms with Crippen molar-refractivity contribution in [2.45, 2.75) is 26.9 Å². The number of carbonyl (C=O) groups excluding carboxylic acids is 1. The van der Waals surface area contributed by atoms with Gasteiger partial charge in [0.25, 0.3) is 5.91 Å². The van der Waals surface area contributed by atoms with Crippen molar-refractivity contribution in [2.75, 3.05) is 0 Å². The number of nitrogens with one attached hydrogen (secondary N) is 1. The molecule has 3 aromatic rings. The van der Waals surface area contributed by atoms with Crippen molar-refractivity contribution in [2.24, 2.45) is 5.73 Å². The Morgan fingerprint density at radius 1 is 1.15 bits per heavy atom. The van der Waals surface area contributed by atoms with Gasteiger partial charge in [-0.3, -0.25) is 14.8 Å². The van der Waals surface area contributed by atoms with Gasteiger partial charge >= 0.3 is 0 Å². The summed E-state index contributed by atoms with van der Waals surface area (Å²) in [6.45, 7) is 4.13. The van der Waals surface area contributed by atoms with Gasteiger partial charge in [-0.2, -0.15) is 4.39 Å². The third-order valence-corrected chi connectivity index (χ3v) is 4.12. The number of benzene rings is 1. The molecule has 2 heterocycles. The van der Waals surface area contributed by atoms with Crippen LogP contribution in [0, 0.1) is 19.8 Å². The molecule has 7 heteroatoms. The number of hydrogen-bond acceptors (Lipinski definition) is 5. The second-order valence-electron chi connectivity index (χ2n) is 6.22. The Morgan fingerprint density at radius 2 is 1.96 bits per heavy atom. The zero-order valence-corrected chi connectivity index (χ0v) is 15.2. The van der Waals surface area contributed by atoms with Gasteiger partial charge in [0.15, 0.2) is 0 Å². The molecule has 2 aromatic heterocycles. The molecule has 3 N–H and O–H groups in total. The number of rotatable bonds is 5. The Balaban J connectivity index is 1.86. The Bertz CT molecular complexity index is 973. The lowest BCUT2D eigenvalue weighted by atomic mass is 9.98. The first-order valence-corrected chi connectivity index (χ1v) is 8.49. The number of halogens is 1. The topological polar surface area (TPSA) is 93.8 Å². The highest BCUT2D eigenvalue weighted by molar-refractivity contribution is 5.95. The zero-order chi connectivity index (χ0) is 19.4. The Kier molecular flexibility index (Phi) is 5.52. The van der Waals surface area contributed by atoms with Gasteiger partial charge in [-0.25, -0.2) is 4.98 Å². The lowest BCUT2D eigenvalue weighted by Gasteiger charge is -2.11. The Labute approximate surface area is 156 Å². The first-order valence-electron chi connectivity index (χ1n) is 8.49. The molecule has 0 saturated carbocycles. The van der Waals surface area contributed by atoms with Gasteiger partial charge in [0, 0.05) is 29.6 Å². The van der Waals surface area contributed by atoms with Crippen LogP contribution in [0.3, 0.4) is 0 Å². The van der Waals surface area contributed by atoms with Crippen LogP contribution in [0.4, 0.5) is 4.39 Å². The highest BCUT2D eigenvalue weighted by Crippen LogP contribution is 2.25. The van der Waals surface area contributed by atoms with E-state index in [-0.39, 0.29) is 19.0 Å². The molecule has 0 atom stereocenters. The molecule has 6 nitrogen and oxygen atoms in total. The van der Waals surface area contributed by atoms with Gasteiger partial charge in [-0.05, 0) is 55.3 Å². The molecule has 0 fully saturated rings. The number of amides is 1. The summed E-state index contributed by atoms with van der Waals surface area (Å²) in [6, 6.07) is 8.32. The number of hydrogen-bond donors (Lipinski definition) is 2. The molecule has 0 aliphatic carbocycles. The molecule has 0 bridgehead atoms. The maximum Gasteiger partial charge on any atom is 0.251 e. The molecule has 1 aromatic carbocycles.